The van der Waals surface area contributed by atoms with E-state index in [1.807, 2.05) is 19.2 Å². The van der Waals surface area contributed by atoms with E-state index in [0.29, 0.717) is 19.6 Å². The molecule has 0 aliphatic heterocycles. The van der Waals surface area contributed by atoms with Crippen molar-refractivity contribution >= 4 is 22.4 Å². The molecule has 2 aromatic rings. The van der Waals surface area contributed by atoms with Crippen molar-refractivity contribution in [3.05, 3.63) is 34.9 Å². The lowest BCUT2D eigenvalue weighted by Crippen LogP contribution is -2.27. The van der Waals surface area contributed by atoms with Crippen LogP contribution in [0.25, 0.3) is 0 Å². The summed E-state index contributed by atoms with van der Waals surface area (Å²) in [5.74, 6) is 0.0151. The topological polar surface area (TPSA) is 71.0 Å². The second-order valence-electron chi connectivity index (χ2n) is 4.64. The van der Waals surface area contributed by atoms with Crippen molar-refractivity contribution in [1.82, 2.24) is 20.3 Å². The average Bonchev–Trinajstić information content (AvgIpc) is 2.90. The minimum atomic E-state index is 0.0151. The van der Waals surface area contributed by atoms with Crippen LogP contribution >= 0.6 is 11.3 Å². The molecule has 112 valence electrons. The Morgan fingerprint density at radius 2 is 2.05 bits per heavy atom. The summed E-state index contributed by atoms with van der Waals surface area (Å²) in [5.41, 5.74) is 2.73. The maximum absolute atomic E-state index is 11.5. The molecule has 0 bridgehead atoms. The van der Waals surface area contributed by atoms with Gasteiger partial charge in [0.25, 0.3) is 0 Å². The molecule has 0 aliphatic rings. The van der Waals surface area contributed by atoms with E-state index in [2.05, 4.69) is 20.3 Å². The van der Waals surface area contributed by atoms with Gasteiger partial charge in [0, 0.05) is 44.3 Å². The summed E-state index contributed by atoms with van der Waals surface area (Å²) >= 11 is 1.48. The zero-order chi connectivity index (χ0) is 15.2. The predicted molar refractivity (Wildman–Crippen MR) is 83.1 cm³/mol. The molecule has 7 heteroatoms. The van der Waals surface area contributed by atoms with Crippen LogP contribution in [0.3, 0.4) is 0 Å². The number of carbonyl (C=O) groups excluding carboxylic acids is 1. The second kappa shape index (κ2) is 7.24. The Labute approximate surface area is 128 Å². The van der Waals surface area contributed by atoms with Gasteiger partial charge in [-0.15, -0.1) is 11.3 Å². The highest BCUT2D eigenvalue weighted by Crippen LogP contribution is 2.20. The molecule has 1 N–H and O–H groups in total. The zero-order valence-electron chi connectivity index (χ0n) is 12.5. The Morgan fingerprint density at radius 1 is 1.29 bits per heavy atom. The summed E-state index contributed by atoms with van der Waals surface area (Å²) in [6.07, 6.45) is 3.52. The summed E-state index contributed by atoms with van der Waals surface area (Å²) in [7, 11) is 0. The van der Waals surface area contributed by atoms with Crippen LogP contribution in [0.5, 0.6) is 0 Å². The largest absolute Gasteiger partial charge is 0.305 e. The molecular weight excluding hydrogens is 286 g/mol. The zero-order valence-corrected chi connectivity index (χ0v) is 13.3. The summed E-state index contributed by atoms with van der Waals surface area (Å²) in [6.45, 7) is 7.33. The number of nitrogens with zero attached hydrogens (tertiary/aromatic N) is 4. The first-order valence-corrected chi connectivity index (χ1v) is 7.69. The number of aryl methyl sites for hydroxylation is 1. The van der Waals surface area contributed by atoms with Gasteiger partial charge in [-0.1, -0.05) is 0 Å². The number of aromatic nitrogens is 3. The van der Waals surface area contributed by atoms with E-state index in [0.717, 1.165) is 22.2 Å². The molecule has 21 heavy (non-hydrogen) atoms. The van der Waals surface area contributed by atoms with Gasteiger partial charge in [0.1, 0.15) is 0 Å². The van der Waals surface area contributed by atoms with Gasteiger partial charge in [0.2, 0.25) is 5.91 Å². The lowest BCUT2D eigenvalue weighted by Gasteiger charge is -2.14. The molecule has 0 radical (unpaired) electrons. The summed E-state index contributed by atoms with van der Waals surface area (Å²) < 4.78 is 0. The van der Waals surface area contributed by atoms with Gasteiger partial charge in [0.15, 0.2) is 5.13 Å². The van der Waals surface area contributed by atoms with Crippen LogP contribution in [-0.2, 0) is 17.9 Å². The quantitative estimate of drug-likeness (QED) is 0.882. The van der Waals surface area contributed by atoms with Crippen LogP contribution in [0.15, 0.2) is 17.8 Å². The molecule has 2 rings (SSSR count). The van der Waals surface area contributed by atoms with E-state index in [1.165, 1.54) is 11.3 Å². The highest BCUT2D eigenvalue weighted by atomic mass is 32.1. The fourth-order valence-corrected chi connectivity index (χ4v) is 2.76. The van der Waals surface area contributed by atoms with Gasteiger partial charge in [-0.25, -0.2) is 4.98 Å². The maximum Gasteiger partial charge on any atom is 0.225 e. The Bertz CT molecular complexity index is 596. The van der Waals surface area contributed by atoms with E-state index in [4.69, 9.17) is 0 Å². The van der Waals surface area contributed by atoms with E-state index < -0.39 is 0 Å². The Hall–Kier alpha value is -1.86. The monoisotopic (exact) mass is 305 g/mol. The third-order valence-corrected chi connectivity index (χ3v) is 3.83. The predicted octanol–water partition coefficient (Wildman–Crippen LogP) is 1.90. The Balaban J connectivity index is 1.88. The molecule has 6 nitrogen and oxygen atoms in total. The highest BCUT2D eigenvalue weighted by molar-refractivity contribution is 7.14. The number of hydrogen-bond acceptors (Lipinski definition) is 6. The first-order valence-electron chi connectivity index (χ1n) is 6.81. The minimum absolute atomic E-state index is 0.0151. The molecule has 1 amide bonds. The number of amides is 1. The molecule has 0 aromatic carbocycles. The van der Waals surface area contributed by atoms with Crippen LogP contribution in [0.2, 0.25) is 0 Å². The fourth-order valence-electron chi connectivity index (χ4n) is 1.82. The summed E-state index contributed by atoms with van der Waals surface area (Å²) in [4.78, 5) is 26.1. The van der Waals surface area contributed by atoms with Crippen molar-refractivity contribution in [3.8, 4) is 0 Å². The van der Waals surface area contributed by atoms with Crippen LogP contribution in [-0.4, -0.2) is 27.4 Å². The standard InChI is InChI=1S/C14H19N5OS/c1-4-19(11(3)20)14-18-13(9-21-14)7-15-6-12-8-16-10(2)5-17-12/h5,8-9,15H,4,6-7H2,1-3H3. The summed E-state index contributed by atoms with van der Waals surface area (Å²) in [5, 5.41) is 5.99. The van der Waals surface area contributed by atoms with Gasteiger partial charge in [0.05, 0.1) is 17.1 Å². The van der Waals surface area contributed by atoms with Gasteiger partial charge < -0.3 is 5.32 Å². The molecular formula is C14H19N5OS. The Morgan fingerprint density at radius 3 is 2.67 bits per heavy atom. The molecule has 0 atom stereocenters. The number of hydrogen-bond donors (Lipinski definition) is 1. The normalized spacial score (nSPS) is 10.6. The molecule has 0 saturated carbocycles. The van der Waals surface area contributed by atoms with Crippen molar-refractivity contribution in [1.29, 1.82) is 0 Å². The van der Waals surface area contributed by atoms with Crippen molar-refractivity contribution in [3.63, 3.8) is 0 Å². The van der Waals surface area contributed by atoms with Gasteiger partial charge in [-0.05, 0) is 13.8 Å². The van der Waals surface area contributed by atoms with Crippen LogP contribution in [0.1, 0.15) is 30.9 Å². The highest BCUT2D eigenvalue weighted by Gasteiger charge is 2.13. The molecule has 0 fully saturated rings. The number of anilines is 1. The molecule has 0 saturated heterocycles. The molecule has 0 spiro atoms. The van der Waals surface area contributed by atoms with E-state index >= 15 is 0 Å². The fraction of sp³-hybridized carbons (Fsp3) is 0.429. The lowest BCUT2D eigenvalue weighted by atomic mass is 10.4. The molecule has 2 heterocycles. The maximum atomic E-state index is 11.5. The molecule has 0 aliphatic carbocycles. The number of thiazole rings is 1. The van der Waals surface area contributed by atoms with Crippen molar-refractivity contribution < 1.29 is 4.79 Å². The molecule has 2 aromatic heterocycles. The van der Waals surface area contributed by atoms with E-state index in [1.54, 1.807) is 24.2 Å². The van der Waals surface area contributed by atoms with Crippen LogP contribution < -0.4 is 10.2 Å². The first-order chi connectivity index (χ1) is 10.1. The van der Waals surface area contributed by atoms with Gasteiger partial charge >= 0.3 is 0 Å². The number of rotatable bonds is 6. The minimum Gasteiger partial charge on any atom is -0.305 e. The van der Waals surface area contributed by atoms with E-state index in [9.17, 15) is 4.79 Å². The van der Waals surface area contributed by atoms with Crippen molar-refractivity contribution in [2.24, 2.45) is 0 Å². The van der Waals surface area contributed by atoms with Gasteiger partial charge in [-0.3, -0.25) is 19.7 Å². The summed E-state index contributed by atoms with van der Waals surface area (Å²) in [6, 6.07) is 0. The number of nitrogens with one attached hydrogen (secondary N) is 1. The van der Waals surface area contributed by atoms with Gasteiger partial charge in [-0.2, -0.15) is 0 Å². The second-order valence-corrected chi connectivity index (χ2v) is 5.47. The molecule has 0 unspecified atom stereocenters. The third-order valence-electron chi connectivity index (χ3n) is 2.91. The smallest absolute Gasteiger partial charge is 0.225 e. The van der Waals surface area contributed by atoms with E-state index in [-0.39, 0.29) is 5.91 Å². The van der Waals surface area contributed by atoms with Crippen LogP contribution in [0.4, 0.5) is 5.13 Å². The number of carbonyl (C=O) groups is 1. The first kappa shape index (κ1) is 15.5. The SMILES string of the molecule is CCN(C(C)=O)c1nc(CNCc2cnc(C)cn2)cs1. The van der Waals surface area contributed by atoms with Crippen molar-refractivity contribution in [2.45, 2.75) is 33.9 Å². The van der Waals surface area contributed by atoms with Crippen molar-refractivity contribution in [2.75, 3.05) is 11.4 Å². The average molecular weight is 305 g/mol. The van der Waals surface area contributed by atoms with Crippen LogP contribution in [0, 0.1) is 6.92 Å². The third kappa shape index (κ3) is 4.30. The lowest BCUT2D eigenvalue weighted by molar-refractivity contribution is -0.116. The Kier molecular flexibility index (Phi) is 5.35.